The summed E-state index contributed by atoms with van der Waals surface area (Å²) in [6.45, 7) is 3.36. The predicted octanol–water partition coefficient (Wildman–Crippen LogP) is 2.26. The number of rotatable bonds is 3. The molecule has 0 unspecified atom stereocenters. The van der Waals surface area contributed by atoms with E-state index >= 15 is 0 Å². The van der Waals surface area contributed by atoms with E-state index in [1.54, 1.807) is 0 Å². The Morgan fingerprint density at radius 3 is 2.12 bits per heavy atom. The van der Waals surface area contributed by atoms with Gasteiger partial charge in [0.2, 0.25) is 0 Å². The Bertz CT molecular complexity index is 25.0. The first-order chi connectivity index (χ1) is 3.91. The van der Waals surface area contributed by atoms with Crippen LogP contribution in [-0.2, 0) is 0 Å². The highest BCUT2D eigenvalue weighted by molar-refractivity contribution is 9.08. The van der Waals surface area contributed by atoms with Gasteiger partial charge in [-0.25, -0.2) is 0 Å². The maximum Gasteiger partial charge on any atom is 0 e. The molecule has 0 heterocycles. The van der Waals surface area contributed by atoms with Gasteiger partial charge < -0.3 is 5.32 Å². The molecular formula is C6H18BrN. The van der Waals surface area contributed by atoms with E-state index in [-0.39, 0.29) is 1.43 Å². The van der Waals surface area contributed by atoms with Crippen molar-refractivity contribution in [1.29, 1.82) is 0 Å². The van der Waals surface area contributed by atoms with Gasteiger partial charge in [0.1, 0.15) is 0 Å². The first-order valence-electron chi connectivity index (χ1n) is 2.94. The molecule has 0 radical (unpaired) electrons. The minimum Gasteiger partial charge on any atom is -0.320 e. The number of alkyl halides is 1. The Morgan fingerprint density at radius 2 is 2.00 bits per heavy atom. The molecule has 8 heavy (non-hydrogen) atoms. The molecule has 0 aliphatic rings. The van der Waals surface area contributed by atoms with Crippen molar-refractivity contribution in [3.05, 3.63) is 0 Å². The van der Waals surface area contributed by atoms with Crippen molar-refractivity contribution in [3.8, 4) is 0 Å². The maximum atomic E-state index is 3.07. The second-order valence-electron chi connectivity index (χ2n) is 1.46. The van der Waals surface area contributed by atoms with Gasteiger partial charge in [-0.3, -0.25) is 0 Å². The highest BCUT2D eigenvalue weighted by Crippen LogP contribution is 1.79. The van der Waals surface area contributed by atoms with Crippen LogP contribution in [0.25, 0.3) is 0 Å². The van der Waals surface area contributed by atoms with Crippen molar-refractivity contribution in [1.82, 2.24) is 5.32 Å². The lowest BCUT2D eigenvalue weighted by atomic mass is 10.3. The van der Waals surface area contributed by atoms with Gasteiger partial charge in [0.15, 0.2) is 0 Å². The number of halogens is 1. The summed E-state index contributed by atoms with van der Waals surface area (Å²) in [5.41, 5.74) is 0. The fourth-order valence-electron chi connectivity index (χ4n) is 0.354. The van der Waals surface area contributed by atoms with Gasteiger partial charge in [-0.05, 0) is 25.8 Å². The van der Waals surface area contributed by atoms with Gasteiger partial charge >= 0.3 is 0 Å². The van der Waals surface area contributed by atoms with E-state index in [2.05, 4.69) is 28.2 Å². The third kappa shape index (κ3) is 16.1. The van der Waals surface area contributed by atoms with Crippen molar-refractivity contribution in [2.75, 3.05) is 19.4 Å². The topological polar surface area (TPSA) is 12.0 Å². The zero-order valence-electron chi connectivity index (χ0n) is 6.00. The molecule has 0 amide bonds. The average Bonchev–Trinajstić information content (AvgIpc) is 1.88. The van der Waals surface area contributed by atoms with Crippen LogP contribution in [0, 0.1) is 0 Å². The lowest BCUT2D eigenvalue weighted by Gasteiger charge is -1.89. The van der Waals surface area contributed by atoms with Crippen LogP contribution in [0.1, 0.15) is 21.2 Å². The van der Waals surface area contributed by atoms with Crippen molar-refractivity contribution in [2.24, 2.45) is 0 Å². The second kappa shape index (κ2) is 15.7. The number of hydrogen-bond acceptors (Lipinski definition) is 1. The van der Waals surface area contributed by atoms with E-state index in [9.17, 15) is 0 Å². The number of nitrogens with one attached hydrogen (secondary N) is 1. The van der Waals surface area contributed by atoms with E-state index in [1.165, 1.54) is 12.8 Å². The standard InChI is InChI=1S/C5H13N.CH3Br.H2/c1-3-4-5-6-2;1-2;/h6H,3-5H2,1-2H3;1H3;1H/i;;1+1. The van der Waals surface area contributed by atoms with Gasteiger partial charge in [0.05, 0.1) is 0 Å². The summed E-state index contributed by atoms with van der Waals surface area (Å²) in [5.74, 6) is 1.81. The minimum atomic E-state index is 0. The first kappa shape index (κ1) is 11.3. The quantitative estimate of drug-likeness (QED) is 0.525. The van der Waals surface area contributed by atoms with Crippen molar-refractivity contribution >= 4 is 15.9 Å². The molecule has 2 heteroatoms. The molecule has 0 aliphatic carbocycles. The molecular weight excluding hydrogens is 166 g/mol. The monoisotopic (exact) mass is 184 g/mol. The molecule has 54 valence electrons. The molecule has 0 saturated heterocycles. The summed E-state index contributed by atoms with van der Waals surface area (Å²) >= 11 is 2.94. The van der Waals surface area contributed by atoms with Gasteiger partial charge in [-0.1, -0.05) is 29.3 Å². The van der Waals surface area contributed by atoms with E-state index < -0.39 is 0 Å². The molecule has 0 fully saturated rings. The highest BCUT2D eigenvalue weighted by Gasteiger charge is 1.73. The smallest absolute Gasteiger partial charge is 0 e. The Hall–Kier alpha value is 0.440. The van der Waals surface area contributed by atoms with Crippen LogP contribution < -0.4 is 5.32 Å². The molecule has 0 aromatic heterocycles. The molecule has 0 spiro atoms. The molecule has 0 saturated carbocycles. The van der Waals surface area contributed by atoms with Crippen LogP contribution in [0.5, 0.6) is 0 Å². The Labute approximate surface area is 62.5 Å². The van der Waals surface area contributed by atoms with E-state index in [1.807, 2.05) is 12.9 Å². The number of unbranched alkanes of at least 4 members (excludes halogenated alkanes) is 1. The Kier molecular flexibility index (Phi) is 22.0. The van der Waals surface area contributed by atoms with Crippen LogP contribution in [-0.4, -0.2) is 19.4 Å². The lowest BCUT2D eigenvalue weighted by molar-refractivity contribution is 0.711. The third-order valence-corrected chi connectivity index (χ3v) is 0.780. The molecule has 1 N–H and O–H groups in total. The van der Waals surface area contributed by atoms with Gasteiger partial charge in [-0.2, -0.15) is 0 Å². The molecule has 0 bridgehead atoms. The summed E-state index contributed by atoms with van der Waals surface area (Å²) in [4.78, 5) is 0. The minimum absolute atomic E-state index is 0. The summed E-state index contributed by atoms with van der Waals surface area (Å²) in [6, 6.07) is 0. The molecule has 0 aromatic rings. The zero-order valence-corrected chi connectivity index (χ0v) is 7.59. The average molecular weight is 185 g/mol. The largest absolute Gasteiger partial charge is 0.320 e. The molecule has 0 rings (SSSR count). The molecule has 0 atom stereocenters. The summed E-state index contributed by atoms with van der Waals surface area (Å²) in [6.07, 6.45) is 2.59. The lowest BCUT2D eigenvalue weighted by Crippen LogP contribution is -2.06. The van der Waals surface area contributed by atoms with Crippen molar-refractivity contribution in [3.63, 3.8) is 0 Å². The fraction of sp³-hybridized carbons (Fsp3) is 1.00. The van der Waals surface area contributed by atoms with Crippen molar-refractivity contribution < 1.29 is 1.43 Å². The molecule has 0 aliphatic heterocycles. The molecule has 0 aromatic carbocycles. The Balaban J connectivity index is -0.000000109. The highest BCUT2D eigenvalue weighted by atomic mass is 79.9. The second-order valence-corrected chi connectivity index (χ2v) is 1.46. The number of hydrogen-bond donors (Lipinski definition) is 1. The van der Waals surface area contributed by atoms with Crippen LogP contribution >= 0.6 is 15.9 Å². The van der Waals surface area contributed by atoms with Crippen LogP contribution in [0.15, 0.2) is 0 Å². The van der Waals surface area contributed by atoms with E-state index in [0.717, 1.165) is 6.54 Å². The van der Waals surface area contributed by atoms with E-state index in [0.29, 0.717) is 0 Å². The van der Waals surface area contributed by atoms with Gasteiger partial charge in [-0.15, -0.1) is 0 Å². The normalized spacial score (nSPS) is 7.50. The van der Waals surface area contributed by atoms with Crippen LogP contribution in [0.3, 0.4) is 0 Å². The van der Waals surface area contributed by atoms with Crippen LogP contribution in [0.4, 0.5) is 0 Å². The maximum absolute atomic E-state index is 3.07. The zero-order chi connectivity index (χ0) is 6.83. The van der Waals surface area contributed by atoms with Crippen LogP contribution in [0.2, 0.25) is 0 Å². The fourth-order valence-corrected chi connectivity index (χ4v) is 0.354. The Morgan fingerprint density at radius 1 is 1.50 bits per heavy atom. The SMILES string of the molecule is CBr.CCCCNC.[2HH]. The first-order valence-corrected chi connectivity index (χ1v) is 4.52. The summed E-state index contributed by atoms with van der Waals surface area (Å²) in [5, 5.41) is 3.07. The predicted molar refractivity (Wildman–Crippen MR) is 45.8 cm³/mol. The summed E-state index contributed by atoms with van der Waals surface area (Å²) in [7, 11) is 1.98. The van der Waals surface area contributed by atoms with Crippen molar-refractivity contribution in [2.45, 2.75) is 19.8 Å². The summed E-state index contributed by atoms with van der Waals surface area (Å²) < 4.78 is 0. The van der Waals surface area contributed by atoms with E-state index in [4.69, 9.17) is 0 Å². The third-order valence-electron chi connectivity index (χ3n) is 0.780. The van der Waals surface area contributed by atoms with Gasteiger partial charge in [0.25, 0.3) is 0 Å². The van der Waals surface area contributed by atoms with Gasteiger partial charge in [0, 0.05) is 1.43 Å². The molecule has 1 nitrogen and oxygen atoms in total.